The van der Waals surface area contributed by atoms with Gasteiger partial charge in [0, 0.05) is 6.04 Å². The lowest BCUT2D eigenvalue weighted by molar-refractivity contribution is 0.187. The fourth-order valence-corrected chi connectivity index (χ4v) is 3.01. The van der Waals surface area contributed by atoms with Gasteiger partial charge in [-0.15, -0.1) is 0 Å². The molecule has 1 saturated heterocycles. The van der Waals surface area contributed by atoms with Gasteiger partial charge >= 0.3 is 0 Å². The van der Waals surface area contributed by atoms with Crippen LogP contribution in [0.4, 0.5) is 0 Å². The standard InChI is InChI=1S/C16H34N2/c1-4-15-10-6-5-8-12-18(15)13-9-7-11-16(2,3)14-17/h15H,4-14,17H2,1-3H3. The highest BCUT2D eigenvalue weighted by Crippen LogP contribution is 2.23. The maximum absolute atomic E-state index is 5.79. The SMILES string of the molecule is CCC1CCCCCN1CCCCC(C)(C)CN. The van der Waals surface area contributed by atoms with Crippen LogP contribution in [0.25, 0.3) is 0 Å². The Balaban J connectivity index is 2.23. The predicted molar refractivity (Wildman–Crippen MR) is 80.8 cm³/mol. The normalized spacial score (nSPS) is 23.0. The smallest absolute Gasteiger partial charge is 0.00926 e. The molecule has 1 aliphatic rings. The molecule has 108 valence electrons. The van der Waals surface area contributed by atoms with Crippen molar-refractivity contribution in [2.75, 3.05) is 19.6 Å². The Morgan fingerprint density at radius 1 is 1.17 bits per heavy atom. The third-order valence-electron chi connectivity index (χ3n) is 4.57. The van der Waals surface area contributed by atoms with Crippen molar-refractivity contribution in [2.45, 2.75) is 78.2 Å². The highest BCUT2D eigenvalue weighted by molar-refractivity contribution is 4.75. The number of nitrogens with zero attached hydrogens (tertiary/aromatic N) is 1. The van der Waals surface area contributed by atoms with E-state index < -0.39 is 0 Å². The fraction of sp³-hybridized carbons (Fsp3) is 1.00. The molecular formula is C16H34N2. The van der Waals surface area contributed by atoms with Gasteiger partial charge in [-0.25, -0.2) is 0 Å². The molecule has 2 nitrogen and oxygen atoms in total. The van der Waals surface area contributed by atoms with Gasteiger partial charge in [0.05, 0.1) is 0 Å². The Labute approximate surface area is 114 Å². The third-order valence-corrected chi connectivity index (χ3v) is 4.57. The lowest BCUT2D eigenvalue weighted by Gasteiger charge is -2.29. The molecule has 1 unspecified atom stereocenters. The Morgan fingerprint density at radius 3 is 2.61 bits per heavy atom. The van der Waals surface area contributed by atoms with E-state index in [9.17, 15) is 0 Å². The molecule has 0 radical (unpaired) electrons. The Morgan fingerprint density at radius 2 is 1.94 bits per heavy atom. The summed E-state index contributed by atoms with van der Waals surface area (Å²) >= 11 is 0. The van der Waals surface area contributed by atoms with E-state index in [2.05, 4.69) is 25.7 Å². The Bertz CT molecular complexity index is 213. The first-order valence-corrected chi connectivity index (χ1v) is 8.03. The molecule has 0 amide bonds. The second kappa shape index (κ2) is 8.16. The van der Waals surface area contributed by atoms with E-state index in [0.29, 0.717) is 5.41 Å². The maximum Gasteiger partial charge on any atom is 0.00926 e. The Kier molecular flexibility index (Phi) is 7.25. The average Bonchev–Trinajstić information content (AvgIpc) is 2.59. The van der Waals surface area contributed by atoms with Crippen LogP contribution in [0.1, 0.15) is 72.1 Å². The third kappa shape index (κ3) is 5.71. The zero-order valence-electron chi connectivity index (χ0n) is 12.9. The van der Waals surface area contributed by atoms with Crippen LogP contribution in [0.3, 0.4) is 0 Å². The summed E-state index contributed by atoms with van der Waals surface area (Å²) < 4.78 is 0. The van der Waals surface area contributed by atoms with Crippen molar-refractivity contribution < 1.29 is 0 Å². The Hall–Kier alpha value is -0.0800. The summed E-state index contributed by atoms with van der Waals surface area (Å²) in [6.07, 6.45) is 11.0. The molecule has 2 heteroatoms. The topological polar surface area (TPSA) is 29.3 Å². The van der Waals surface area contributed by atoms with Gasteiger partial charge in [-0.2, -0.15) is 0 Å². The number of hydrogen-bond donors (Lipinski definition) is 1. The van der Waals surface area contributed by atoms with Gasteiger partial charge in [-0.05, 0) is 57.2 Å². The van der Waals surface area contributed by atoms with E-state index in [1.54, 1.807) is 0 Å². The predicted octanol–water partition coefficient (Wildman–Crippen LogP) is 3.80. The van der Waals surface area contributed by atoms with Crippen molar-refractivity contribution in [1.29, 1.82) is 0 Å². The summed E-state index contributed by atoms with van der Waals surface area (Å²) in [6.45, 7) is 10.4. The van der Waals surface area contributed by atoms with Crippen molar-refractivity contribution in [3.05, 3.63) is 0 Å². The molecule has 0 aliphatic carbocycles. The van der Waals surface area contributed by atoms with Crippen LogP contribution in [0.5, 0.6) is 0 Å². The van der Waals surface area contributed by atoms with Gasteiger partial charge in [-0.1, -0.05) is 40.0 Å². The lowest BCUT2D eigenvalue weighted by Crippen LogP contribution is -2.35. The van der Waals surface area contributed by atoms with Crippen molar-refractivity contribution in [1.82, 2.24) is 4.90 Å². The minimum absolute atomic E-state index is 0.336. The highest BCUT2D eigenvalue weighted by Gasteiger charge is 2.19. The monoisotopic (exact) mass is 254 g/mol. The zero-order chi connectivity index (χ0) is 13.4. The van der Waals surface area contributed by atoms with Crippen molar-refractivity contribution in [2.24, 2.45) is 11.1 Å². The summed E-state index contributed by atoms with van der Waals surface area (Å²) in [7, 11) is 0. The molecule has 0 aromatic carbocycles. The van der Waals surface area contributed by atoms with Crippen LogP contribution >= 0.6 is 0 Å². The quantitative estimate of drug-likeness (QED) is 0.700. The molecule has 1 aliphatic heterocycles. The van der Waals surface area contributed by atoms with Crippen LogP contribution in [-0.4, -0.2) is 30.6 Å². The molecule has 1 fully saturated rings. The number of hydrogen-bond acceptors (Lipinski definition) is 2. The van der Waals surface area contributed by atoms with Gasteiger partial charge < -0.3 is 10.6 Å². The first-order valence-electron chi connectivity index (χ1n) is 8.03. The zero-order valence-corrected chi connectivity index (χ0v) is 12.9. The molecule has 18 heavy (non-hydrogen) atoms. The maximum atomic E-state index is 5.79. The van der Waals surface area contributed by atoms with E-state index in [4.69, 9.17) is 5.73 Å². The van der Waals surface area contributed by atoms with Crippen LogP contribution in [-0.2, 0) is 0 Å². The number of likely N-dealkylation sites (tertiary alicyclic amines) is 1. The highest BCUT2D eigenvalue weighted by atomic mass is 15.1. The molecule has 1 rings (SSSR count). The van der Waals surface area contributed by atoms with Crippen molar-refractivity contribution in [3.63, 3.8) is 0 Å². The van der Waals surface area contributed by atoms with Gasteiger partial charge in [-0.3, -0.25) is 0 Å². The molecule has 2 N–H and O–H groups in total. The fourth-order valence-electron chi connectivity index (χ4n) is 3.01. The van der Waals surface area contributed by atoms with E-state index in [-0.39, 0.29) is 0 Å². The van der Waals surface area contributed by atoms with Crippen LogP contribution in [0, 0.1) is 5.41 Å². The molecule has 0 spiro atoms. The van der Waals surface area contributed by atoms with Crippen LogP contribution in [0.15, 0.2) is 0 Å². The van der Waals surface area contributed by atoms with Gasteiger partial charge in [0.15, 0.2) is 0 Å². The molecular weight excluding hydrogens is 220 g/mol. The van der Waals surface area contributed by atoms with Crippen molar-refractivity contribution in [3.8, 4) is 0 Å². The second-order valence-electron chi connectivity index (χ2n) is 6.77. The van der Waals surface area contributed by atoms with E-state index in [1.165, 1.54) is 64.5 Å². The molecule has 0 aromatic rings. The summed E-state index contributed by atoms with van der Waals surface area (Å²) in [5.41, 5.74) is 6.12. The van der Waals surface area contributed by atoms with Gasteiger partial charge in [0.25, 0.3) is 0 Å². The number of nitrogens with two attached hydrogens (primary N) is 1. The summed E-state index contributed by atoms with van der Waals surface area (Å²) in [4.78, 5) is 2.75. The van der Waals surface area contributed by atoms with Crippen LogP contribution < -0.4 is 5.73 Å². The second-order valence-corrected chi connectivity index (χ2v) is 6.77. The number of rotatable bonds is 7. The van der Waals surface area contributed by atoms with E-state index in [1.807, 2.05) is 0 Å². The minimum Gasteiger partial charge on any atom is -0.330 e. The largest absolute Gasteiger partial charge is 0.330 e. The van der Waals surface area contributed by atoms with Gasteiger partial charge in [0.1, 0.15) is 0 Å². The molecule has 1 atom stereocenters. The van der Waals surface area contributed by atoms with Crippen molar-refractivity contribution >= 4 is 0 Å². The molecule has 0 saturated carbocycles. The average molecular weight is 254 g/mol. The van der Waals surface area contributed by atoms with Crippen LogP contribution in [0.2, 0.25) is 0 Å². The summed E-state index contributed by atoms with van der Waals surface area (Å²) in [5.74, 6) is 0. The minimum atomic E-state index is 0.336. The summed E-state index contributed by atoms with van der Waals surface area (Å²) in [6, 6.07) is 0.856. The molecule has 0 aromatic heterocycles. The first-order chi connectivity index (χ1) is 8.59. The molecule has 0 bridgehead atoms. The van der Waals surface area contributed by atoms with E-state index in [0.717, 1.165) is 12.6 Å². The lowest BCUT2D eigenvalue weighted by atomic mass is 9.87. The molecule has 1 heterocycles. The van der Waals surface area contributed by atoms with Gasteiger partial charge in [0.2, 0.25) is 0 Å². The van der Waals surface area contributed by atoms with E-state index >= 15 is 0 Å². The summed E-state index contributed by atoms with van der Waals surface area (Å²) in [5, 5.41) is 0. The first kappa shape index (κ1) is 16.0. The number of unbranched alkanes of at least 4 members (excludes halogenated alkanes) is 1.